The third kappa shape index (κ3) is 5.68. The van der Waals surface area contributed by atoms with Crippen LogP contribution in [0, 0.1) is 0 Å². The third-order valence-electron chi connectivity index (χ3n) is 3.59. The number of hydrogen-bond donors (Lipinski definition) is 2. The Balaban J connectivity index is 2.00. The van der Waals surface area contributed by atoms with Crippen molar-refractivity contribution in [3.63, 3.8) is 0 Å². The number of sulfonamides is 1. The van der Waals surface area contributed by atoms with Crippen molar-refractivity contribution in [2.75, 3.05) is 30.3 Å². The number of methoxy groups -OCH3 is 1. The van der Waals surface area contributed by atoms with E-state index >= 15 is 0 Å². The van der Waals surface area contributed by atoms with Crippen LogP contribution in [0.2, 0.25) is 0 Å². The lowest BCUT2D eigenvalue weighted by molar-refractivity contribution is 0.197. The number of nitrogens with one attached hydrogen (secondary N) is 2. The predicted molar refractivity (Wildman–Crippen MR) is 98.4 cm³/mol. The van der Waals surface area contributed by atoms with E-state index in [1.165, 1.54) is 0 Å². The molecule has 0 aliphatic heterocycles. The number of ether oxygens (including phenoxy) is 1. The molecule has 136 valence electrons. The Hall–Kier alpha value is -2.19. The first-order valence-corrected chi connectivity index (χ1v) is 9.60. The highest BCUT2D eigenvalue weighted by molar-refractivity contribution is 7.92. The summed E-state index contributed by atoms with van der Waals surface area (Å²) in [6.07, 6.45) is 0.846. The highest BCUT2D eigenvalue weighted by Gasteiger charge is 2.15. The molecule has 0 unspecified atom stereocenters. The van der Waals surface area contributed by atoms with Gasteiger partial charge in [-0.05, 0) is 42.2 Å². The lowest BCUT2D eigenvalue weighted by Gasteiger charge is -2.10. The summed E-state index contributed by atoms with van der Waals surface area (Å²) in [6.45, 7) is 5.48. The summed E-state index contributed by atoms with van der Waals surface area (Å²) in [7, 11) is -2.03. The van der Waals surface area contributed by atoms with Crippen molar-refractivity contribution < 1.29 is 13.2 Å². The molecule has 1 aromatic carbocycles. The second-order valence-corrected chi connectivity index (χ2v) is 7.59. The first-order chi connectivity index (χ1) is 11.9. The van der Waals surface area contributed by atoms with Crippen molar-refractivity contribution in [1.29, 1.82) is 0 Å². The molecule has 0 radical (unpaired) electrons. The summed E-state index contributed by atoms with van der Waals surface area (Å²) < 4.78 is 32.2. The van der Waals surface area contributed by atoms with Gasteiger partial charge in [0.1, 0.15) is 5.82 Å². The van der Waals surface area contributed by atoms with E-state index in [-0.39, 0.29) is 10.7 Å². The van der Waals surface area contributed by atoms with Crippen molar-refractivity contribution in [1.82, 2.24) is 10.2 Å². The fraction of sp³-hybridized carbons (Fsp3) is 0.412. The molecular formula is C17H24N4O3S. The molecule has 8 heteroatoms. The monoisotopic (exact) mass is 364 g/mol. The molecule has 1 aromatic heterocycles. The first kappa shape index (κ1) is 19.1. The van der Waals surface area contributed by atoms with Gasteiger partial charge in [0.05, 0.1) is 4.90 Å². The number of aromatic nitrogens is 2. The van der Waals surface area contributed by atoms with E-state index < -0.39 is 10.0 Å². The van der Waals surface area contributed by atoms with Gasteiger partial charge in [-0.25, -0.2) is 8.42 Å². The standard InChI is InChI=1S/C17H24N4O3S/c1-13(2)14-5-7-15(8-6-14)25(22,23)21-17-10-9-16(19-20-17)18-11-4-12-24-3/h5-10,13H,4,11-12H2,1-3H3,(H,18,19)(H,20,21). The Kier molecular flexibility index (Phi) is 6.72. The second-order valence-electron chi connectivity index (χ2n) is 5.91. The van der Waals surface area contributed by atoms with Crippen molar-refractivity contribution in [3.05, 3.63) is 42.0 Å². The minimum absolute atomic E-state index is 0.176. The molecule has 0 fully saturated rings. The minimum Gasteiger partial charge on any atom is -0.385 e. The van der Waals surface area contributed by atoms with E-state index in [0.717, 1.165) is 12.0 Å². The SMILES string of the molecule is COCCCNc1ccc(NS(=O)(=O)c2ccc(C(C)C)cc2)nn1. The summed E-state index contributed by atoms with van der Waals surface area (Å²) in [5.41, 5.74) is 1.09. The van der Waals surface area contributed by atoms with Crippen molar-refractivity contribution >= 4 is 21.7 Å². The number of hydrogen-bond acceptors (Lipinski definition) is 6. The lowest BCUT2D eigenvalue weighted by atomic mass is 10.0. The van der Waals surface area contributed by atoms with Crippen LogP contribution in [0.5, 0.6) is 0 Å². The lowest BCUT2D eigenvalue weighted by Crippen LogP contribution is -2.15. The fourth-order valence-electron chi connectivity index (χ4n) is 2.14. The molecule has 0 spiro atoms. The third-order valence-corrected chi connectivity index (χ3v) is 4.96. The molecule has 2 N–H and O–H groups in total. The zero-order valence-electron chi connectivity index (χ0n) is 14.7. The molecule has 0 bridgehead atoms. The van der Waals surface area contributed by atoms with E-state index in [1.807, 2.05) is 12.1 Å². The molecule has 2 rings (SSSR count). The molecule has 0 amide bonds. The quantitative estimate of drug-likeness (QED) is 0.665. The molecule has 0 aliphatic carbocycles. The summed E-state index contributed by atoms with van der Waals surface area (Å²) >= 11 is 0. The van der Waals surface area contributed by atoms with Crippen LogP contribution < -0.4 is 10.0 Å². The number of anilines is 2. The average Bonchev–Trinajstić information content (AvgIpc) is 2.60. The largest absolute Gasteiger partial charge is 0.385 e. The van der Waals surface area contributed by atoms with Crippen molar-refractivity contribution in [2.24, 2.45) is 0 Å². The maximum atomic E-state index is 12.4. The zero-order valence-corrected chi connectivity index (χ0v) is 15.5. The number of nitrogens with zero attached hydrogens (tertiary/aromatic N) is 2. The Labute approximate surface area is 148 Å². The van der Waals surface area contributed by atoms with Gasteiger partial charge < -0.3 is 10.1 Å². The Morgan fingerprint density at radius 1 is 1.04 bits per heavy atom. The first-order valence-electron chi connectivity index (χ1n) is 8.11. The summed E-state index contributed by atoms with van der Waals surface area (Å²) in [5.74, 6) is 1.11. The smallest absolute Gasteiger partial charge is 0.263 e. The van der Waals surface area contributed by atoms with Gasteiger partial charge in [-0.2, -0.15) is 0 Å². The second kappa shape index (κ2) is 8.77. The van der Waals surface area contributed by atoms with Crippen LogP contribution in [0.1, 0.15) is 31.7 Å². The van der Waals surface area contributed by atoms with Gasteiger partial charge in [0.15, 0.2) is 5.82 Å². The Morgan fingerprint density at radius 2 is 1.68 bits per heavy atom. The molecule has 0 atom stereocenters. The van der Waals surface area contributed by atoms with Gasteiger partial charge in [-0.15, -0.1) is 10.2 Å². The van der Waals surface area contributed by atoms with Crippen LogP contribution in [-0.4, -0.2) is 38.9 Å². The van der Waals surface area contributed by atoms with Crippen LogP contribution in [0.15, 0.2) is 41.3 Å². The summed E-state index contributed by atoms with van der Waals surface area (Å²) in [4.78, 5) is 0.195. The average molecular weight is 364 g/mol. The van der Waals surface area contributed by atoms with Crippen molar-refractivity contribution in [2.45, 2.75) is 31.1 Å². The van der Waals surface area contributed by atoms with Gasteiger partial charge >= 0.3 is 0 Å². The van der Waals surface area contributed by atoms with Gasteiger partial charge in [-0.1, -0.05) is 26.0 Å². The maximum Gasteiger partial charge on any atom is 0.263 e. The topological polar surface area (TPSA) is 93.2 Å². The molecule has 25 heavy (non-hydrogen) atoms. The molecule has 0 saturated carbocycles. The predicted octanol–water partition coefficient (Wildman–Crippen LogP) is 2.85. The highest BCUT2D eigenvalue weighted by Crippen LogP contribution is 2.19. The van der Waals surface area contributed by atoms with E-state index in [2.05, 4.69) is 34.1 Å². The molecule has 2 aromatic rings. The van der Waals surface area contributed by atoms with Crippen LogP contribution in [0.25, 0.3) is 0 Å². The van der Waals surface area contributed by atoms with Gasteiger partial charge in [0.2, 0.25) is 0 Å². The van der Waals surface area contributed by atoms with Gasteiger partial charge in [0, 0.05) is 20.3 Å². The number of rotatable bonds is 9. The number of benzene rings is 1. The minimum atomic E-state index is -3.68. The van der Waals surface area contributed by atoms with E-state index in [4.69, 9.17) is 4.74 Å². The molecule has 1 heterocycles. The fourth-order valence-corrected chi connectivity index (χ4v) is 3.14. The summed E-state index contributed by atoms with van der Waals surface area (Å²) in [5, 5.41) is 10.9. The maximum absolute atomic E-state index is 12.4. The van der Waals surface area contributed by atoms with E-state index in [0.29, 0.717) is 24.9 Å². The van der Waals surface area contributed by atoms with Crippen molar-refractivity contribution in [3.8, 4) is 0 Å². The highest BCUT2D eigenvalue weighted by atomic mass is 32.2. The Morgan fingerprint density at radius 3 is 2.24 bits per heavy atom. The van der Waals surface area contributed by atoms with Gasteiger partial charge in [0.25, 0.3) is 10.0 Å². The normalized spacial score (nSPS) is 11.5. The van der Waals surface area contributed by atoms with Gasteiger partial charge in [-0.3, -0.25) is 4.72 Å². The molecular weight excluding hydrogens is 340 g/mol. The molecule has 0 aliphatic rings. The van der Waals surface area contributed by atoms with E-state index in [9.17, 15) is 8.42 Å². The van der Waals surface area contributed by atoms with E-state index in [1.54, 1.807) is 31.4 Å². The summed E-state index contributed by atoms with van der Waals surface area (Å²) in [6, 6.07) is 10.1. The van der Waals surface area contributed by atoms with Crippen LogP contribution in [-0.2, 0) is 14.8 Å². The van der Waals surface area contributed by atoms with Crippen LogP contribution >= 0.6 is 0 Å². The molecule has 0 saturated heterocycles. The Bertz CT molecular complexity index is 759. The van der Waals surface area contributed by atoms with Crippen LogP contribution in [0.3, 0.4) is 0 Å². The van der Waals surface area contributed by atoms with Crippen LogP contribution in [0.4, 0.5) is 11.6 Å². The zero-order chi connectivity index (χ0) is 18.3. The molecule has 7 nitrogen and oxygen atoms in total.